The van der Waals surface area contributed by atoms with E-state index < -0.39 is 5.72 Å². The SMILES string of the molecule is OC1(c2ccco2)CN(c2ccc(Br)cc2)CN1c1ccc(Br)cc1. The molecule has 3 aromatic rings. The van der Waals surface area contributed by atoms with Crippen molar-refractivity contribution in [1.29, 1.82) is 0 Å². The molecule has 1 fully saturated rings. The Balaban J connectivity index is 1.74. The number of benzene rings is 2. The molecule has 1 aliphatic heterocycles. The molecule has 1 atom stereocenters. The van der Waals surface area contributed by atoms with Gasteiger partial charge in [0.1, 0.15) is 0 Å². The summed E-state index contributed by atoms with van der Waals surface area (Å²) in [6, 6.07) is 19.6. The zero-order chi connectivity index (χ0) is 17.4. The molecule has 2 heterocycles. The van der Waals surface area contributed by atoms with Crippen molar-refractivity contribution in [3.05, 3.63) is 81.6 Å². The fourth-order valence-corrected chi connectivity index (χ4v) is 3.68. The van der Waals surface area contributed by atoms with Crippen molar-refractivity contribution in [2.45, 2.75) is 5.72 Å². The second kappa shape index (κ2) is 6.52. The van der Waals surface area contributed by atoms with E-state index in [2.05, 4.69) is 36.8 Å². The summed E-state index contributed by atoms with van der Waals surface area (Å²) in [4.78, 5) is 4.09. The number of β-amino-alcohol motifs (C(OH)–C–C–N with tert-alkyl or cyclic N) is 1. The minimum atomic E-state index is -1.23. The largest absolute Gasteiger partial charge is 0.464 e. The third kappa shape index (κ3) is 3.10. The summed E-state index contributed by atoms with van der Waals surface area (Å²) >= 11 is 6.93. The fourth-order valence-electron chi connectivity index (χ4n) is 3.15. The second-order valence-corrected chi connectivity index (χ2v) is 7.85. The molecule has 1 aliphatic rings. The Labute approximate surface area is 162 Å². The van der Waals surface area contributed by atoms with Crippen LogP contribution in [0.5, 0.6) is 0 Å². The maximum Gasteiger partial charge on any atom is 0.217 e. The molecule has 1 aromatic heterocycles. The fraction of sp³-hybridized carbons (Fsp3) is 0.158. The van der Waals surface area contributed by atoms with E-state index in [-0.39, 0.29) is 0 Å². The third-order valence-electron chi connectivity index (χ3n) is 4.42. The van der Waals surface area contributed by atoms with Crippen LogP contribution in [0, 0.1) is 0 Å². The molecule has 4 rings (SSSR count). The highest BCUT2D eigenvalue weighted by Gasteiger charge is 2.47. The molecule has 25 heavy (non-hydrogen) atoms. The van der Waals surface area contributed by atoms with E-state index in [9.17, 15) is 5.11 Å². The van der Waals surface area contributed by atoms with E-state index in [1.54, 1.807) is 12.3 Å². The van der Waals surface area contributed by atoms with Crippen LogP contribution in [-0.2, 0) is 5.72 Å². The molecule has 6 heteroatoms. The molecule has 0 bridgehead atoms. The van der Waals surface area contributed by atoms with Crippen LogP contribution in [-0.4, -0.2) is 18.3 Å². The van der Waals surface area contributed by atoms with Crippen LogP contribution >= 0.6 is 31.9 Å². The van der Waals surface area contributed by atoms with Crippen molar-refractivity contribution in [2.24, 2.45) is 0 Å². The molecule has 1 unspecified atom stereocenters. The van der Waals surface area contributed by atoms with Crippen LogP contribution in [0.1, 0.15) is 5.76 Å². The maximum absolute atomic E-state index is 11.5. The first-order valence-electron chi connectivity index (χ1n) is 7.86. The minimum Gasteiger partial charge on any atom is -0.464 e. The van der Waals surface area contributed by atoms with Gasteiger partial charge in [-0.1, -0.05) is 31.9 Å². The van der Waals surface area contributed by atoms with E-state index in [0.29, 0.717) is 19.0 Å². The summed E-state index contributed by atoms with van der Waals surface area (Å²) in [6.07, 6.45) is 1.59. The summed E-state index contributed by atoms with van der Waals surface area (Å²) in [7, 11) is 0. The van der Waals surface area contributed by atoms with E-state index in [4.69, 9.17) is 4.42 Å². The Morgan fingerprint density at radius 2 is 1.48 bits per heavy atom. The van der Waals surface area contributed by atoms with Crippen LogP contribution in [0.25, 0.3) is 0 Å². The summed E-state index contributed by atoms with van der Waals surface area (Å²) in [5.74, 6) is 0.537. The van der Waals surface area contributed by atoms with Crippen molar-refractivity contribution >= 4 is 43.2 Å². The molecule has 2 aromatic carbocycles. The normalized spacial score (nSPS) is 20.3. The number of nitrogens with zero attached hydrogens (tertiary/aromatic N) is 2. The molecule has 4 nitrogen and oxygen atoms in total. The lowest BCUT2D eigenvalue weighted by atomic mass is 10.1. The standard InChI is InChI=1S/C19H16Br2N2O2/c20-14-3-7-16(8-4-14)22-12-19(24,18-2-1-11-25-18)23(13-22)17-9-5-15(21)6-10-17/h1-11,24H,12-13H2. The van der Waals surface area contributed by atoms with E-state index in [1.165, 1.54) is 0 Å². The Morgan fingerprint density at radius 3 is 2.04 bits per heavy atom. The summed E-state index contributed by atoms with van der Waals surface area (Å²) in [5, 5.41) is 11.5. The zero-order valence-corrected chi connectivity index (χ0v) is 16.4. The highest BCUT2D eigenvalue weighted by molar-refractivity contribution is 9.10. The molecule has 1 N–H and O–H groups in total. The van der Waals surface area contributed by atoms with Gasteiger partial charge in [-0.2, -0.15) is 0 Å². The number of aliphatic hydroxyl groups is 1. The third-order valence-corrected chi connectivity index (χ3v) is 5.47. The smallest absolute Gasteiger partial charge is 0.217 e. The van der Waals surface area contributed by atoms with Gasteiger partial charge >= 0.3 is 0 Å². The average Bonchev–Trinajstić information content (AvgIpc) is 3.25. The Bertz CT molecular complexity index is 850. The quantitative estimate of drug-likeness (QED) is 0.597. The lowest BCUT2D eigenvalue weighted by Crippen LogP contribution is -2.43. The predicted molar refractivity (Wildman–Crippen MR) is 106 cm³/mol. The number of halogens is 2. The molecule has 128 valence electrons. The van der Waals surface area contributed by atoms with Crippen LogP contribution in [0.4, 0.5) is 11.4 Å². The van der Waals surface area contributed by atoms with Gasteiger partial charge in [-0.25, -0.2) is 0 Å². The summed E-state index contributed by atoms with van der Waals surface area (Å²) in [5.41, 5.74) is 0.749. The van der Waals surface area contributed by atoms with Gasteiger partial charge in [-0.3, -0.25) is 0 Å². The van der Waals surface area contributed by atoms with Gasteiger partial charge in [0.05, 0.1) is 19.5 Å². The molecular formula is C19H16Br2N2O2. The van der Waals surface area contributed by atoms with Crippen molar-refractivity contribution in [2.75, 3.05) is 23.0 Å². The summed E-state index contributed by atoms with van der Waals surface area (Å²) in [6.45, 7) is 0.971. The van der Waals surface area contributed by atoms with Gasteiger partial charge in [0.15, 0.2) is 5.76 Å². The first-order valence-corrected chi connectivity index (χ1v) is 9.45. The monoisotopic (exact) mass is 462 g/mol. The minimum absolute atomic E-state index is 0.415. The van der Waals surface area contributed by atoms with Gasteiger partial charge in [-0.15, -0.1) is 0 Å². The first kappa shape index (κ1) is 16.7. The maximum atomic E-state index is 11.5. The second-order valence-electron chi connectivity index (χ2n) is 6.01. The number of anilines is 2. The Morgan fingerprint density at radius 1 is 0.880 bits per heavy atom. The van der Waals surface area contributed by atoms with Gasteiger partial charge < -0.3 is 19.3 Å². The molecule has 0 saturated carbocycles. The van der Waals surface area contributed by atoms with Gasteiger partial charge in [0.2, 0.25) is 5.72 Å². The molecule has 0 radical (unpaired) electrons. The van der Waals surface area contributed by atoms with E-state index >= 15 is 0 Å². The van der Waals surface area contributed by atoms with Crippen molar-refractivity contribution < 1.29 is 9.52 Å². The molecule has 0 spiro atoms. The average molecular weight is 464 g/mol. The Hall–Kier alpha value is -1.76. The van der Waals surface area contributed by atoms with Gasteiger partial charge in [0, 0.05) is 20.3 Å². The highest BCUT2D eigenvalue weighted by Crippen LogP contribution is 2.39. The number of hydrogen-bond acceptors (Lipinski definition) is 4. The van der Waals surface area contributed by atoms with Crippen LogP contribution in [0.2, 0.25) is 0 Å². The lowest BCUT2D eigenvalue weighted by Gasteiger charge is -2.31. The Kier molecular flexibility index (Phi) is 4.35. The van der Waals surface area contributed by atoms with Gasteiger partial charge in [-0.05, 0) is 60.7 Å². The van der Waals surface area contributed by atoms with Crippen LogP contribution < -0.4 is 9.80 Å². The number of hydrogen-bond donors (Lipinski definition) is 1. The topological polar surface area (TPSA) is 39.9 Å². The first-order chi connectivity index (χ1) is 12.1. The zero-order valence-electron chi connectivity index (χ0n) is 13.3. The highest BCUT2D eigenvalue weighted by atomic mass is 79.9. The number of rotatable bonds is 3. The lowest BCUT2D eigenvalue weighted by molar-refractivity contribution is 0.0396. The molecular weight excluding hydrogens is 448 g/mol. The summed E-state index contributed by atoms with van der Waals surface area (Å²) < 4.78 is 7.59. The van der Waals surface area contributed by atoms with E-state index in [0.717, 1.165) is 20.3 Å². The molecule has 0 amide bonds. The van der Waals surface area contributed by atoms with Crippen molar-refractivity contribution in [3.63, 3.8) is 0 Å². The molecule has 1 saturated heterocycles. The number of furan rings is 1. The van der Waals surface area contributed by atoms with Crippen LogP contribution in [0.15, 0.2) is 80.3 Å². The predicted octanol–water partition coefficient (Wildman–Crippen LogP) is 4.93. The van der Waals surface area contributed by atoms with Gasteiger partial charge in [0.25, 0.3) is 0 Å². The van der Waals surface area contributed by atoms with Crippen LogP contribution in [0.3, 0.4) is 0 Å². The van der Waals surface area contributed by atoms with Crippen molar-refractivity contribution in [1.82, 2.24) is 0 Å². The molecule has 0 aliphatic carbocycles. The van der Waals surface area contributed by atoms with E-state index in [1.807, 2.05) is 59.5 Å². The van der Waals surface area contributed by atoms with Crippen molar-refractivity contribution in [3.8, 4) is 0 Å².